The van der Waals surface area contributed by atoms with E-state index in [1.54, 1.807) is 48.5 Å². The van der Waals surface area contributed by atoms with Gasteiger partial charge in [0.25, 0.3) is 5.91 Å². The number of ether oxygens (including phenoxy) is 1. The smallest absolute Gasteiger partial charge is 0.338 e. The summed E-state index contributed by atoms with van der Waals surface area (Å²) in [5, 5.41) is 3.85. The molecule has 2 aromatic carbocycles. The van der Waals surface area contributed by atoms with Crippen molar-refractivity contribution in [2.24, 2.45) is 5.10 Å². The van der Waals surface area contributed by atoms with E-state index in [-0.39, 0.29) is 5.91 Å². The first kappa shape index (κ1) is 15.2. The lowest BCUT2D eigenvalue weighted by Crippen LogP contribution is -2.17. The number of nitrogens with one attached hydrogen (secondary N) is 1. The maximum Gasteiger partial charge on any atom is 0.338 e. The highest BCUT2D eigenvalue weighted by molar-refractivity contribution is 6.00. The zero-order chi connectivity index (χ0) is 15.9. The van der Waals surface area contributed by atoms with Crippen molar-refractivity contribution in [1.29, 1.82) is 0 Å². The van der Waals surface area contributed by atoms with Crippen LogP contribution in [0.4, 0.5) is 5.69 Å². The Balaban J connectivity index is 2.08. The topological polar surface area (TPSA) is 93.8 Å². The van der Waals surface area contributed by atoms with Crippen LogP contribution < -0.4 is 11.2 Å². The second kappa shape index (κ2) is 7.03. The lowest BCUT2D eigenvalue weighted by atomic mass is 10.1. The lowest BCUT2D eigenvalue weighted by Gasteiger charge is -2.03. The van der Waals surface area contributed by atoms with Gasteiger partial charge in [-0.3, -0.25) is 4.79 Å². The molecule has 0 saturated heterocycles. The Labute approximate surface area is 127 Å². The van der Waals surface area contributed by atoms with E-state index < -0.39 is 5.97 Å². The maximum absolute atomic E-state index is 11.9. The van der Waals surface area contributed by atoms with Crippen molar-refractivity contribution in [3.8, 4) is 0 Å². The van der Waals surface area contributed by atoms with E-state index in [4.69, 9.17) is 5.73 Å². The number of amides is 1. The Bertz CT molecular complexity index is 709. The molecule has 0 unspecified atom stereocenters. The van der Waals surface area contributed by atoms with Crippen LogP contribution in [-0.4, -0.2) is 25.2 Å². The quantitative estimate of drug-likeness (QED) is 0.389. The van der Waals surface area contributed by atoms with Crippen molar-refractivity contribution in [1.82, 2.24) is 5.43 Å². The van der Waals surface area contributed by atoms with Crippen LogP contribution in [0.2, 0.25) is 0 Å². The van der Waals surface area contributed by atoms with Gasteiger partial charge in [-0.15, -0.1) is 0 Å². The largest absolute Gasteiger partial charge is 0.465 e. The molecule has 0 aliphatic carbocycles. The number of nitrogens with zero attached hydrogens (tertiary/aromatic N) is 1. The number of rotatable bonds is 4. The maximum atomic E-state index is 11.9. The molecule has 0 fully saturated rings. The molecule has 0 aliphatic rings. The van der Waals surface area contributed by atoms with Gasteiger partial charge < -0.3 is 10.5 Å². The molecule has 2 rings (SSSR count). The monoisotopic (exact) mass is 297 g/mol. The molecular weight excluding hydrogens is 282 g/mol. The number of benzene rings is 2. The van der Waals surface area contributed by atoms with Crippen LogP contribution in [0.3, 0.4) is 0 Å². The highest BCUT2D eigenvalue weighted by Crippen LogP contribution is 2.08. The first-order valence-electron chi connectivity index (χ1n) is 6.48. The van der Waals surface area contributed by atoms with E-state index in [0.717, 1.165) is 0 Å². The highest BCUT2D eigenvalue weighted by atomic mass is 16.5. The molecule has 6 heteroatoms. The van der Waals surface area contributed by atoms with E-state index in [0.29, 0.717) is 22.4 Å². The third-order valence-electron chi connectivity index (χ3n) is 2.91. The number of methoxy groups -OCH3 is 1. The van der Waals surface area contributed by atoms with Gasteiger partial charge in [0.2, 0.25) is 0 Å². The SMILES string of the molecule is COC(=O)c1ccccc1/C=N\NC(=O)c1ccc(N)cc1. The molecular formula is C16H15N3O3. The van der Waals surface area contributed by atoms with Gasteiger partial charge in [-0.1, -0.05) is 18.2 Å². The fourth-order valence-electron chi connectivity index (χ4n) is 1.76. The first-order valence-corrected chi connectivity index (χ1v) is 6.48. The van der Waals surface area contributed by atoms with Crippen molar-refractivity contribution in [2.75, 3.05) is 12.8 Å². The van der Waals surface area contributed by atoms with Crippen LogP contribution in [-0.2, 0) is 4.74 Å². The molecule has 0 radical (unpaired) electrons. The number of carbonyl (C=O) groups excluding carboxylic acids is 2. The van der Waals surface area contributed by atoms with Crippen LogP contribution in [0, 0.1) is 0 Å². The number of nitrogens with two attached hydrogens (primary N) is 1. The van der Waals surface area contributed by atoms with E-state index in [1.165, 1.54) is 13.3 Å². The fourth-order valence-corrected chi connectivity index (χ4v) is 1.76. The van der Waals surface area contributed by atoms with Crippen molar-refractivity contribution in [3.63, 3.8) is 0 Å². The predicted molar refractivity (Wildman–Crippen MR) is 83.7 cm³/mol. The van der Waals surface area contributed by atoms with Gasteiger partial charge in [0.05, 0.1) is 18.9 Å². The molecule has 112 valence electrons. The van der Waals surface area contributed by atoms with Crippen LogP contribution in [0.25, 0.3) is 0 Å². The summed E-state index contributed by atoms with van der Waals surface area (Å²) in [6.45, 7) is 0. The second-order valence-corrected chi connectivity index (χ2v) is 4.40. The second-order valence-electron chi connectivity index (χ2n) is 4.40. The van der Waals surface area contributed by atoms with Crippen LogP contribution in [0.1, 0.15) is 26.3 Å². The summed E-state index contributed by atoms with van der Waals surface area (Å²) in [5.74, 6) is -0.835. The van der Waals surface area contributed by atoms with Crippen molar-refractivity contribution in [2.45, 2.75) is 0 Å². The van der Waals surface area contributed by atoms with Crippen LogP contribution in [0.5, 0.6) is 0 Å². The van der Waals surface area contributed by atoms with Gasteiger partial charge >= 0.3 is 5.97 Å². The molecule has 0 aromatic heterocycles. The molecule has 3 N–H and O–H groups in total. The van der Waals surface area contributed by atoms with Gasteiger partial charge in [0.1, 0.15) is 0 Å². The van der Waals surface area contributed by atoms with E-state index in [1.807, 2.05) is 0 Å². The zero-order valence-electron chi connectivity index (χ0n) is 11.9. The third kappa shape index (κ3) is 3.69. The van der Waals surface area contributed by atoms with E-state index in [9.17, 15) is 9.59 Å². The molecule has 0 aliphatic heterocycles. The number of nitrogen functional groups attached to an aromatic ring is 1. The van der Waals surface area contributed by atoms with Crippen molar-refractivity contribution < 1.29 is 14.3 Å². The van der Waals surface area contributed by atoms with Gasteiger partial charge in [-0.2, -0.15) is 5.10 Å². The normalized spacial score (nSPS) is 10.4. The summed E-state index contributed by atoms with van der Waals surface area (Å²) >= 11 is 0. The zero-order valence-corrected chi connectivity index (χ0v) is 11.9. The number of esters is 1. The van der Waals surface area contributed by atoms with Gasteiger partial charge in [0.15, 0.2) is 0 Å². The van der Waals surface area contributed by atoms with Crippen LogP contribution in [0.15, 0.2) is 53.6 Å². The Morgan fingerprint density at radius 2 is 1.82 bits per heavy atom. The summed E-state index contributed by atoms with van der Waals surface area (Å²) in [7, 11) is 1.30. The van der Waals surface area contributed by atoms with Crippen LogP contribution >= 0.6 is 0 Å². The minimum atomic E-state index is -0.466. The summed E-state index contributed by atoms with van der Waals surface area (Å²) in [5.41, 5.74) is 9.88. The fraction of sp³-hybridized carbons (Fsp3) is 0.0625. The number of hydrogen-bond donors (Lipinski definition) is 2. The number of carbonyl (C=O) groups is 2. The third-order valence-corrected chi connectivity index (χ3v) is 2.91. The number of hydrogen-bond acceptors (Lipinski definition) is 5. The Hall–Kier alpha value is -3.15. The molecule has 0 heterocycles. The Kier molecular flexibility index (Phi) is 4.87. The molecule has 0 atom stereocenters. The highest BCUT2D eigenvalue weighted by Gasteiger charge is 2.09. The lowest BCUT2D eigenvalue weighted by molar-refractivity contribution is 0.0600. The Morgan fingerprint density at radius 3 is 2.50 bits per heavy atom. The summed E-state index contributed by atoms with van der Waals surface area (Å²) in [6, 6.07) is 13.3. The summed E-state index contributed by atoms with van der Waals surface area (Å²) in [4.78, 5) is 23.5. The van der Waals surface area contributed by atoms with Crippen molar-refractivity contribution in [3.05, 3.63) is 65.2 Å². The van der Waals surface area contributed by atoms with E-state index in [2.05, 4.69) is 15.3 Å². The predicted octanol–water partition coefficient (Wildman–Crippen LogP) is 1.82. The van der Waals surface area contributed by atoms with Gasteiger partial charge in [0, 0.05) is 16.8 Å². The molecule has 1 amide bonds. The average Bonchev–Trinajstić information content (AvgIpc) is 2.55. The van der Waals surface area contributed by atoms with Gasteiger partial charge in [-0.05, 0) is 30.3 Å². The Morgan fingerprint density at radius 1 is 1.14 bits per heavy atom. The minimum Gasteiger partial charge on any atom is -0.465 e. The average molecular weight is 297 g/mol. The number of hydrazone groups is 1. The standard InChI is InChI=1S/C16H15N3O3/c1-22-16(21)14-5-3-2-4-12(14)10-18-19-15(20)11-6-8-13(17)9-7-11/h2-10H,17H2,1H3,(H,19,20)/b18-10-. The number of anilines is 1. The summed E-state index contributed by atoms with van der Waals surface area (Å²) < 4.78 is 4.69. The molecule has 22 heavy (non-hydrogen) atoms. The first-order chi connectivity index (χ1) is 10.6. The molecule has 2 aromatic rings. The van der Waals surface area contributed by atoms with E-state index >= 15 is 0 Å². The molecule has 0 spiro atoms. The molecule has 0 bridgehead atoms. The molecule has 6 nitrogen and oxygen atoms in total. The minimum absolute atomic E-state index is 0.369. The van der Waals surface area contributed by atoms with Gasteiger partial charge in [-0.25, -0.2) is 10.2 Å². The van der Waals surface area contributed by atoms with Crippen molar-refractivity contribution >= 4 is 23.8 Å². The molecule has 0 saturated carbocycles. The summed E-state index contributed by atoms with van der Waals surface area (Å²) in [6.07, 6.45) is 1.39.